The van der Waals surface area contributed by atoms with Crippen molar-refractivity contribution in [2.24, 2.45) is 0 Å². The topological polar surface area (TPSA) is 32.3 Å². The van der Waals surface area contributed by atoms with Gasteiger partial charge in [0.25, 0.3) is 0 Å². The maximum absolute atomic E-state index is 12.0. The molecule has 0 fully saturated rings. The Morgan fingerprint density at radius 3 is 2.57 bits per heavy atom. The fourth-order valence-corrected chi connectivity index (χ4v) is 2.23. The molecule has 0 bridgehead atoms. The van der Waals surface area contributed by atoms with Crippen molar-refractivity contribution in [2.45, 2.75) is 32.1 Å². The van der Waals surface area contributed by atoms with E-state index in [0.29, 0.717) is 12.6 Å². The molecule has 1 amide bonds. The molecule has 0 saturated carbocycles. The lowest BCUT2D eigenvalue weighted by molar-refractivity contribution is -0.130. The van der Waals surface area contributed by atoms with E-state index in [-0.39, 0.29) is 5.54 Å². The molecule has 1 unspecified atom stereocenters. The number of hydrogen-bond donors (Lipinski definition) is 1. The molecular formula is C10H20N2OSi. The number of rotatable bonds is 2. The van der Waals surface area contributed by atoms with E-state index in [9.17, 15) is 4.79 Å². The van der Waals surface area contributed by atoms with Crippen LogP contribution in [-0.4, -0.2) is 32.1 Å². The van der Waals surface area contributed by atoms with Gasteiger partial charge in [0.15, 0.2) is 0 Å². The first-order valence-electron chi connectivity index (χ1n) is 5.10. The summed E-state index contributed by atoms with van der Waals surface area (Å²) >= 11 is 0. The molecular weight excluding hydrogens is 192 g/mol. The predicted octanol–water partition coefficient (Wildman–Crippen LogP) is 1.62. The predicted molar refractivity (Wildman–Crippen MR) is 61.6 cm³/mol. The second kappa shape index (κ2) is 4.17. The lowest BCUT2D eigenvalue weighted by Gasteiger charge is -2.32. The van der Waals surface area contributed by atoms with E-state index in [1.54, 1.807) is 0 Å². The normalized spacial score (nSPS) is 19.0. The van der Waals surface area contributed by atoms with Crippen LogP contribution in [0.2, 0.25) is 25.2 Å². The Labute approximate surface area is 87.2 Å². The largest absolute Gasteiger partial charge is 0.374 e. The summed E-state index contributed by atoms with van der Waals surface area (Å²) in [4.78, 5) is 13.9. The molecule has 0 aliphatic carbocycles. The lowest BCUT2D eigenvalue weighted by atomic mass is 10.3. The van der Waals surface area contributed by atoms with Crippen molar-refractivity contribution in [1.29, 1.82) is 0 Å². The Morgan fingerprint density at radius 2 is 2.14 bits per heavy atom. The average Bonchev–Trinajstić information content (AvgIpc) is 2.15. The summed E-state index contributed by atoms with van der Waals surface area (Å²) in [7, 11) is -1.35. The van der Waals surface area contributed by atoms with Gasteiger partial charge in [-0.3, -0.25) is 4.79 Å². The van der Waals surface area contributed by atoms with Gasteiger partial charge in [0.1, 0.15) is 0 Å². The van der Waals surface area contributed by atoms with Crippen LogP contribution >= 0.6 is 0 Å². The molecule has 1 aliphatic heterocycles. The molecule has 4 heteroatoms. The number of hydrogen-bond acceptors (Lipinski definition) is 2. The third-order valence-corrected chi connectivity index (χ3v) is 5.67. The first-order valence-corrected chi connectivity index (χ1v) is 8.68. The first kappa shape index (κ1) is 11.3. The van der Waals surface area contributed by atoms with Crippen molar-refractivity contribution in [2.75, 3.05) is 13.2 Å². The molecule has 80 valence electrons. The van der Waals surface area contributed by atoms with Gasteiger partial charge < -0.3 is 10.2 Å². The van der Waals surface area contributed by atoms with Crippen LogP contribution in [-0.2, 0) is 4.79 Å². The number of nitrogens with zero attached hydrogens (tertiary/aromatic N) is 1. The molecule has 0 aromatic heterocycles. The third-order valence-electron chi connectivity index (χ3n) is 2.82. The van der Waals surface area contributed by atoms with Gasteiger partial charge in [-0.15, -0.1) is 0 Å². The fraction of sp³-hybridized carbons (Fsp3) is 0.700. The Hall–Kier alpha value is -0.773. The number of carbonyl (C=O) groups is 1. The zero-order valence-electron chi connectivity index (χ0n) is 9.50. The van der Waals surface area contributed by atoms with Gasteiger partial charge in [-0.05, 0) is 12.3 Å². The van der Waals surface area contributed by atoms with E-state index >= 15 is 0 Å². The highest BCUT2D eigenvalue weighted by Crippen LogP contribution is 2.23. The summed E-state index contributed by atoms with van der Waals surface area (Å²) in [5.41, 5.74) is 0.204. The lowest BCUT2D eigenvalue weighted by Crippen LogP contribution is -2.46. The minimum absolute atomic E-state index is 0.204. The van der Waals surface area contributed by atoms with Gasteiger partial charge in [0.2, 0.25) is 5.91 Å². The van der Waals surface area contributed by atoms with Crippen LogP contribution in [0.25, 0.3) is 0 Å². The summed E-state index contributed by atoms with van der Waals surface area (Å²) in [6.45, 7) is 10.2. The molecule has 1 aliphatic rings. The van der Waals surface area contributed by atoms with Crippen molar-refractivity contribution in [3.8, 4) is 0 Å². The smallest absolute Gasteiger partial charge is 0.224 e. The van der Waals surface area contributed by atoms with Gasteiger partial charge in [-0.1, -0.05) is 26.6 Å². The van der Waals surface area contributed by atoms with E-state index < -0.39 is 8.07 Å². The second-order valence-electron chi connectivity index (χ2n) is 4.91. The Kier molecular flexibility index (Phi) is 3.37. The molecule has 1 heterocycles. The van der Waals surface area contributed by atoms with E-state index in [0.717, 1.165) is 6.54 Å². The van der Waals surface area contributed by atoms with Gasteiger partial charge in [-0.2, -0.15) is 0 Å². The molecule has 1 N–H and O–H groups in total. The molecule has 1 atom stereocenters. The Balaban J connectivity index is 2.60. The third kappa shape index (κ3) is 2.61. The summed E-state index contributed by atoms with van der Waals surface area (Å²) in [6.07, 6.45) is 3.89. The van der Waals surface area contributed by atoms with Crippen LogP contribution in [0.3, 0.4) is 0 Å². The molecule has 0 aromatic rings. The van der Waals surface area contributed by atoms with E-state index in [1.165, 1.54) is 0 Å². The van der Waals surface area contributed by atoms with E-state index in [2.05, 4.69) is 31.9 Å². The Morgan fingerprint density at radius 1 is 1.50 bits per heavy atom. The average molecular weight is 212 g/mol. The van der Waals surface area contributed by atoms with E-state index in [4.69, 9.17) is 0 Å². The zero-order valence-corrected chi connectivity index (χ0v) is 10.5. The van der Waals surface area contributed by atoms with Crippen molar-refractivity contribution in [1.82, 2.24) is 10.2 Å². The van der Waals surface area contributed by atoms with Crippen LogP contribution in [0.15, 0.2) is 12.3 Å². The quantitative estimate of drug-likeness (QED) is 0.705. The van der Waals surface area contributed by atoms with Gasteiger partial charge >= 0.3 is 0 Å². The number of carbonyl (C=O) groups excluding carboxylic acids is 1. The standard InChI is InChI=1S/C10H20N2OSi/c1-9(14(2,3)4)10(13)12-7-5-6-11-8-12/h5-6,9,11H,7-8H2,1-4H3. The maximum atomic E-state index is 12.0. The number of nitrogens with one attached hydrogen (secondary N) is 1. The van der Waals surface area contributed by atoms with Crippen molar-refractivity contribution < 1.29 is 4.79 Å². The molecule has 0 spiro atoms. The van der Waals surface area contributed by atoms with E-state index in [1.807, 2.05) is 17.2 Å². The molecule has 1 rings (SSSR count). The van der Waals surface area contributed by atoms with Crippen LogP contribution in [0.4, 0.5) is 0 Å². The summed E-state index contributed by atoms with van der Waals surface area (Å²) in [6, 6.07) is 0. The zero-order chi connectivity index (χ0) is 10.8. The maximum Gasteiger partial charge on any atom is 0.224 e. The summed E-state index contributed by atoms with van der Waals surface area (Å²) in [5, 5.41) is 3.06. The van der Waals surface area contributed by atoms with Crippen molar-refractivity contribution >= 4 is 14.0 Å². The SMILES string of the molecule is CC(C(=O)N1CC=CNC1)[Si](C)(C)C. The van der Waals surface area contributed by atoms with Crippen LogP contribution < -0.4 is 5.32 Å². The van der Waals surface area contributed by atoms with Gasteiger partial charge in [-0.25, -0.2) is 0 Å². The first-order chi connectivity index (χ1) is 6.43. The molecule has 0 radical (unpaired) electrons. The second-order valence-corrected chi connectivity index (χ2v) is 10.5. The Bertz CT molecular complexity index is 245. The van der Waals surface area contributed by atoms with Crippen LogP contribution in [0.1, 0.15) is 6.92 Å². The highest BCUT2D eigenvalue weighted by atomic mass is 28.3. The summed E-state index contributed by atoms with van der Waals surface area (Å²) in [5.74, 6) is 0.293. The monoisotopic (exact) mass is 212 g/mol. The minimum Gasteiger partial charge on any atom is -0.374 e. The van der Waals surface area contributed by atoms with Crippen LogP contribution in [0, 0.1) is 0 Å². The van der Waals surface area contributed by atoms with Gasteiger partial charge in [0.05, 0.1) is 14.7 Å². The molecule has 0 aromatic carbocycles. The molecule has 0 saturated heterocycles. The molecule has 14 heavy (non-hydrogen) atoms. The van der Waals surface area contributed by atoms with Crippen molar-refractivity contribution in [3.05, 3.63) is 12.3 Å². The number of amides is 1. The van der Waals surface area contributed by atoms with Crippen molar-refractivity contribution in [3.63, 3.8) is 0 Å². The highest BCUT2D eigenvalue weighted by Gasteiger charge is 2.31. The van der Waals surface area contributed by atoms with Crippen LogP contribution in [0.5, 0.6) is 0 Å². The highest BCUT2D eigenvalue weighted by molar-refractivity contribution is 6.80. The minimum atomic E-state index is -1.35. The van der Waals surface area contributed by atoms with Gasteiger partial charge in [0, 0.05) is 12.1 Å². The fourth-order valence-electron chi connectivity index (χ4n) is 1.30. The molecule has 3 nitrogen and oxygen atoms in total. The summed E-state index contributed by atoms with van der Waals surface area (Å²) < 4.78 is 0.